The van der Waals surface area contributed by atoms with Gasteiger partial charge in [0.1, 0.15) is 0 Å². The van der Waals surface area contributed by atoms with Gasteiger partial charge in [-0.25, -0.2) is 0 Å². The molecule has 140 valence electrons. The predicted octanol–water partition coefficient (Wildman–Crippen LogP) is 5.05. The van der Waals surface area contributed by atoms with Gasteiger partial charge < -0.3 is 9.47 Å². The molecule has 0 saturated heterocycles. The van der Waals surface area contributed by atoms with E-state index < -0.39 is 0 Å². The maximum atomic E-state index is 12.9. The third kappa shape index (κ3) is 4.22. The van der Waals surface area contributed by atoms with Gasteiger partial charge in [-0.3, -0.25) is 4.79 Å². The van der Waals surface area contributed by atoms with Crippen LogP contribution in [0.15, 0.2) is 57.6 Å². The highest BCUT2D eigenvalue weighted by atomic mass is 79.9. The van der Waals surface area contributed by atoms with E-state index in [9.17, 15) is 4.79 Å². The third-order valence-corrected chi connectivity index (χ3v) is 4.47. The van der Waals surface area contributed by atoms with Crippen LogP contribution in [0, 0.1) is 0 Å². The Morgan fingerprint density at radius 1 is 1.15 bits per heavy atom. The largest absolute Gasteiger partial charge is 0.493 e. The molecule has 1 aliphatic heterocycles. The number of hydrogen-bond acceptors (Lipinski definition) is 4. The average Bonchev–Trinajstić information content (AvgIpc) is 2.90. The van der Waals surface area contributed by atoms with Crippen LogP contribution in [0.2, 0.25) is 0 Å². The van der Waals surface area contributed by atoms with Crippen LogP contribution in [0.5, 0.6) is 11.5 Å². The van der Waals surface area contributed by atoms with Crippen LogP contribution in [0.3, 0.4) is 0 Å². The number of hydrogen-bond donors (Lipinski definition) is 0. The summed E-state index contributed by atoms with van der Waals surface area (Å²) in [5.41, 5.74) is 2.78. The second-order valence-electron chi connectivity index (χ2n) is 6.42. The van der Waals surface area contributed by atoms with Crippen LogP contribution in [-0.4, -0.2) is 24.8 Å². The summed E-state index contributed by atoms with van der Waals surface area (Å²) in [5, 5.41) is 5.83. The number of nitrogens with zero attached hydrogens (tertiary/aromatic N) is 2. The maximum absolute atomic E-state index is 12.9. The van der Waals surface area contributed by atoms with E-state index >= 15 is 0 Å². The Labute approximate surface area is 167 Å². The molecule has 0 aromatic heterocycles. The molecule has 3 rings (SSSR count). The molecule has 27 heavy (non-hydrogen) atoms. The van der Waals surface area contributed by atoms with Crippen molar-refractivity contribution in [3.8, 4) is 11.5 Å². The molecular formula is C21H21BrN2O3. The van der Waals surface area contributed by atoms with Gasteiger partial charge >= 0.3 is 0 Å². The van der Waals surface area contributed by atoms with Crippen LogP contribution in [-0.2, 0) is 4.79 Å². The number of rotatable bonds is 5. The molecule has 1 heterocycles. The first-order valence-electron chi connectivity index (χ1n) is 8.61. The first kappa shape index (κ1) is 19.2. The van der Waals surface area contributed by atoms with Crippen LogP contribution < -0.4 is 14.5 Å². The maximum Gasteiger partial charge on any atom is 0.280 e. The smallest absolute Gasteiger partial charge is 0.280 e. The zero-order valence-electron chi connectivity index (χ0n) is 15.7. The molecule has 0 spiro atoms. The fourth-order valence-electron chi connectivity index (χ4n) is 2.76. The van der Waals surface area contributed by atoms with Crippen molar-refractivity contribution in [3.05, 3.63) is 58.1 Å². The van der Waals surface area contributed by atoms with E-state index in [0.717, 1.165) is 15.7 Å². The van der Waals surface area contributed by atoms with Crippen molar-refractivity contribution in [2.75, 3.05) is 12.1 Å². The first-order chi connectivity index (χ1) is 12.9. The van der Waals surface area contributed by atoms with Gasteiger partial charge in [-0.1, -0.05) is 28.1 Å². The molecule has 1 amide bonds. The summed E-state index contributed by atoms with van der Waals surface area (Å²) in [6.07, 6.45) is 1.87. The van der Waals surface area contributed by atoms with Crippen molar-refractivity contribution in [1.29, 1.82) is 0 Å². The molecule has 6 heteroatoms. The van der Waals surface area contributed by atoms with Gasteiger partial charge in [0.05, 0.1) is 30.2 Å². The number of halogens is 1. The van der Waals surface area contributed by atoms with Gasteiger partial charge in [0.25, 0.3) is 5.91 Å². The van der Waals surface area contributed by atoms with Crippen LogP contribution >= 0.6 is 15.9 Å². The predicted molar refractivity (Wildman–Crippen MR) is 111 cm³/mol. The van der Waals surface area contributed by atoms with Gasteiger partial charge in [0.2, 0.25) is 0 Å². The Bertz CT molecular complexity index is 935. The SMILES string of the molecule is COc1cc(/C=C2/C(=O)N(c3cccc(Br)c3)N=C2C)ccc1OC(C)C. The third-order valence-electron chi connectivity index (χ3n) is 3.98. The molecule has 0 fully saturated rings. The van der Waals surface area contributed by atoms with Crippen molar-refractivity contribution in [3.63, 3.8) is 0 Å². The molecule has 5 nitrogen and oxygen atoms in total. The van der Waals surface area contributed by atoms with E-state index in [1.807, 2.05) is 69.3 Å². The molecule has 0 N–H and O–H groups in total. The summed E-state index contributed by atoms with van der Waals surface area (Å²) < 4.78 is 12.1. The highest BCUT2D eigenvalue weighted by molar-refractivity contribution is 9.10. The summed E-state index contributed by atoms with van der Waals surface area (Å²) in [7, 11) is 1.60. The minimum atomic E-state index is -0.160. The highest BCUT2D eigenvalue weighted by Crippen LogP contribution is 2.31. The summed E-state index contributed by atoms with van der Waals surface area (Å²) in [4.78, 5) is 12.9. The lowest BCUT2D eigenvalue weighted by Crippen LogP contribution is -2.21. The summed E-state index contributed by atoms with van der Waals surface area (Å²) in [6.45, 7) is 5.75. The molecule has 0 radical (unpaired) electrons. The number of anilines is 1. The number of hydrazone groups is 1. The Balaban J connectivity index is 1.91. The molecule has 1 aliphatic rings. The lowest BCUT2D eigenvalue weighted by atomic mass is 10.1. The molecular weight excluding hydrogens is 408 g/mol. The molecule has 0 saturated carbocycles. The van der Waals surface area contributed by atoms with Crippen molar-refractivity contribution < 1.29 is 14.3 Å². The monoisotopic (exact) mass is 428 g/mol. The molecule has 2 aromatic rings. The van der Waals surface area contributed by atoms with Crippen molar-refractivity contribution in [2.24, 2.45) is 5.10 Å². The molecule has 0 bridgehead atoms. The number of benzene rings is 2. The van der Waals surface area contributed by atoms with Gasteiger partial charge in [-0.15, -0.1) is 0 Å². The van der Waals surface area contributed by atoms with E-state index in [0.29, 0.717) is 22.8 Å². The standard InChI is InChI=1S/C21H21BrN2O3/c1-13(2)27-19-9-8-15(11-20(19)26-4)10-18-14(3)23-24(21(18)25)17-7-5-6-16(22)12-17/h5-13H,1-4H3/b18-10+. The Morgan fingerprint density at radius 2 is 1.93 bits per heavy atom. The molecule has 2 aromatic carbocycles. The van der Waals surface area contributed by atoms with E-state index in [4.69, 9.17) is 9.47 Å². The lowest BCUT2D eigenvalue weighted by Gasteiger charge is -2.14. The molecule has 0 unspecified atom stereocenters. The van der Waals surface area contributed by atoms with Crippen molar-refractivity contribution >= 4 is 39.3 Å². The van der Waals surface area contributed by atoms with E-state index in [1.165, 1.54) is 5.01 Å². The number of ether oxygens (including phenoxy) is 2. The Hall–Kier alpha value is -2.60. The minimum Gasteiger partial charge on any atom is -0.493 e. The van der Waals surface area contributed by atoms with Crippen LogP contribution in [0.4, 0.5) is 5.69 Å². The summed E-state index contributed by atoms with van der Waals surface area (Å²) >= 11 is 3.43. The minimum absolute atomic E-state index is 0.0487. The quantitative estimate of drug-likeness (QED) is 0.625. The Morgan fingerprint density at radius 3 is 2.59 bits per heavy atom. The second-order valence-corrected chi connectivity index (χ2v) is 7.33. The average molecular weight is 429 g/mol. The number of methoxy groups -OCH3 is 1. The normalized spacial score (nSPS) is 15.5. The van der Waals surface area contributed by atoms with Gasteiger partial charge in [-0.2, -0.15) is 10.1 Å². The molecule has 0 aliphatic carbocycles. The topological polar surface area (TPSA) is 51.1 Å². The fraction of sp³-hybridized carbons (Fsp3) is 0.238. The van der Waals surface area contributed by atoms with Crippen LogP contribution in [0.1, 0.15) is 26.3 Å². The fourth-order valence-corrected chi connectivity index (χ4v) is 3.15. The lowest BCUT2D eigenvalue weighted by molar-refractivity contribution is -0.114. The van der Waals surface area contributed by atoms with Gasteiger partial charge in [0.15, 0.2) is 11.5 Å². The molecule has 0 atom stereocenters. The highest BCUT2D eigenvalue weighted by Gasteiger charge is 2.28. The van der Waals surface area contributed by atoms with E-state index in [2.05, 4.69) is 21.0 Å². The van der Waals surface area contributed by atoms with Crippen LogP contribution in [0.25, 0.3) is 6.08 Å². The summed E-state index contributed by atoms with van der Waals surface area (Å²) in [6, 6.07) is 13.1. The van der Waals surface area contributed by atoms with Crippen molar-refractivity contribution in [1.82, 2.24) is 0 Å². The Kier molecular flexibility index (Phi) is 5.65. The van der Waals surface area contributed by atoms with Gasteiger partial charge in [0, 0.05) is 4.47 Å². The zero-order chi connectivity index (χ0) is 19.6. The zero-order valence-corrected chi connectivity index (χ0v) is 17.3. The van der Waals surface area contributed by atoms with Crippen molar-refractivity contribution in [2.45, 2.75) is 26.9 Å². The number of carbonyl (C=O) groups excluding carboxylic acids is 1. The van der Waals surface area contributed by atoms with E-state index in [-0.39, 0.29) is 12.0 Å². The first-order valence-corrected chi connectivity index (χ1v) is 9.40. The second kappa shape index (κ2) is 7.96. The summed E-state index contributed by atoms with van der Waals surface area (Å²) in [5.74, 6) is 1.14. The number of carbonyl (C=O) groups is 1. The van der Waals surface area contributed by atoms with Gasteiger partial charge in [-0.05, 0) is 62.7 Å². The number of amides is 1. The van der Waals surface area contributed by atoms with E-state index in [1.54, 1.807) is 7.11 Å².